The van der Waals surface area contributed by atoms with Crippen molar-refractivity contribution < 1.29 is 4.42 Å². The van der Waals surface area contributed by atoms with E-state index < -0.39 is 0 Å². The Morgan fingerprint density at radius 2 is 1.67 bits per heavy atom. The number of likely N-dealkylation sites (tertiary alicyclic amines) is 1. The van der Waals surface area contributed by atoms with E-state index in [9.17, 15) is 0 Å². The van der Waals surface area contributed by atoms with Crippen molar-refractivity contribution in [3.63, 3.8) is 0 Å². The van der Waals surface area contributed by atoms with Gasteiger partial charge in [0.2, 0.25) is 0 Å². The maximum Gasteiger partial charge on any atom is 0.150 e. The molecule has 27 heavy (non-hydrogen) atoms. The van der Waals surface area contributed by atoms with Crippen LogP contribution in [0.3, 0.4) is 0 Å². The lowest BCUT2D eigenvalue weighted by atomic mass is 9.89. The van der Waals surface area contributed by atoms with E-state index in [0.717, 1.165) is 31.1 Å². The maximum atomic E-state index is 5.70. The standard InChI is InChI=1S/C24H24N2O/c1-2-7-18(8-3-1)19-12-14-26(15-13-19)17-21-20-9-4-5-10-22(20)25-24(21)23-11-6-16-27-23/h1-11,16,19,25H,12-15,17H2. The molecule has 1 N–H and O–H groups in total. The molecule has 0 bridgehead atoms. The number of furan rings is 1. The van der Waals surface area contributed by atoms with Crippen molar-refractivity contribution in [2.45, 2.75) is 25.3 Å². The Bertz CT molecular complexity index is 1010. The molecule has 3 nitrogen and oxygen atoms in total. The number of fused-ring (bicyclic) bond motifs is 1. The predicted octanol–water partition coefficient (Wildman–Crippen LogP) is 5.81. The average molecular weight is 356 g/mol. The van der Waals surface area contributed by atoms with Gasteiger partial charge in [0.1, 0.15) is 5.76 Å². The third-order valence-corrected chi connectivity index (χ3v) is 5.82. The fraction of sp³-hybridized carbons (Fsp3) is 0.250. The van der Waals surface area contributed by atoms with Gasteiger partial charge in [-0.1, -0.05) is 48.5 Å². The van der Waals surface area contributed by atoms with Crippen LogP contribution in [0.25, 0.3) is 22.4 Å². The van der Waals surface area contributed by atoms with Gasteiger partial charge in [0.25, 0.3) is 0 Å². The molecule has 0 atom stereocenters. The van der Waals surface area contributed by atoms with E-state index in [1.165, 1.54) is 34.9 Å². The number of aromatic nitrogens is 1. The number of nitrogens with zero attached hydrogens (tertiary/aromatic N) is 1. The Morgan fingerprint density at radius 3 is 2.44 bits per heavy atom. The third-order valence-electron chi connectivity index (χ3n) is 5.82. The van der Waals surface area contributed by atoms with Crippen molar-refractivity contribution in [3.05, 3.63) is 84.1 Å². The number of piperidine rings is 1. The molecule has 136 valence electrons. The summed E-state index contributed by atoms with van der Waals surface area (Å²) in [5.41, 5.74) is 5.13. The summed E-state index contributed by atoms with van der Waals surface area (Å²) in [6, 6.07) is 23.5. The molecule has 1 aliphatic heterocycles. The molecule has 0 amide bonds. The van der Waals surface area contributed by atoms with Gasteiger partial charge in [-0.15, -0.1) is 0 Å². The van der Waals surface area contributed by atoms with Gasteiger partial charge in [-0.25, -0.2) is 0 Å². The van der Waals surface area contributed by atoms with Crippen molar-refractivity contribution in [1.82, 2.24) is 9.88 Å². The molecule has 0 spiro atoms. The third kappa shape index (κ3) is 3.19. The van der Waals surface area contributed by atoms with E-state index in [1.807, 2.05) is 12.1 Å². The minimum Gasteiger partial charge on any atom is -0.463 e. The number of rotatable bonds is 4. The van der Waals surface area contributed by atoms with Crippen molar-refractivity contribution in [1.29, 1.82) is 0 Å². The summed E-state index contributed by atoms with van der Waals surface area (Å²) in [5, 5.41) is 1.30. The van der Waals surface area contributed by atoms with Crippen LogP contribution in [0, 0.1) is 0 Å². The normalized spacial score (nSPS) is 16.1. The van der Waals surface area contributed by atoms with Crippen molar-refractivity contribution >= 4 is 10.9 Å². The van der Waals surface area contributed by atoms with Gasteiger partial charge >= 0.3 is 0 Å². The van der Waals surface area contributed by atoms with Crippen LogP contribution in [0.15, 0.2) is 77.4 Å². The number of benzene rings is 2. The van der Waals surface area contributed by atoms with Gasteiger partial charge in [0.15, 0.2) is 0 Å². The molecule has 4 aromatic rings. The van der Waals surface area contributed by atoms with Gasteiger partial charge in [0, 0.05) is 23.0 Å². The Morgan fingerprint density at radius 1 is 0.889 bits per heavy atom. The second-order valence-corrected chi connectivity index (χ2v) is 7.46. The SMILES string of the molecule is c1ccc(C2CCN(Cc3c(-c4ccco4)[nH]c4ccccc34)CC2)cc1. The first kappa shape index (κ1) is 16.4. The number of nitrogens with one attached hydrogen (secondary N) is 1. The smallest absolute Gasteiger partial charge is 0.150 e. The molecule has 0 radical (unpaired) electrons. The maximum absolute atomic E-state index is 5.70. The van der Waals surface area contributed by atoms with Crippen LogP contribution in [-0.2, 0) is 6.54 Å². The first-order chi connectivity index (χ1) is 13.4. The first-order valence-corrected chi connectivity index (χ1v) is 9.79. The first-order valence-electron chi connectivity index (χ1n) is 9.79. The molecular formula is C24H24N2O. The molecule has 1 aliphatic rings. The van der Waals surface area contributed by atoms with Crippen molar-refractivity contribution in [3.8, 4) is 11.5 Å². The highest BCUT2D eigenvalue weighted by atomic mass is 16.3. The summed E-state index contributed by atoms with van der Waals surface area (Å²) in [6.45, 7) is 3.23. The summed E-state index contributed by atoms with van der Waals surface area (Å²) < 4.78 is 5.70. The number of H-pyrrole nitrogens is 1. The number of hydrogen-bond acceptors (Lipinski definition) is 2. The summed E-state index contributed by atoms with van der Waals surface area (Å²) in [4.78, 5) is 6.16. The summed E-state index contributed by atoms with van der Waals surface area (Å²) in [5.74, 6) is 1.61. The van der Waals surface area contributed by atoms with Crippen LogP contribution in [0.5, 0.6) is 0 Å². The van der Waals surface area contributed by atoms with E-state index >= 15 is 0 Å². The number of para-hydroxylation sites is 1. The van der Waals surface area contributed by atoms with Crippen LogP contribution in [0.2, 0.25) is 0 Å². The molecule has 0 unspecified atom stereocenters. The van der Waals surface area contributed by atoms with Crippen LogP contribution in [-0.4, -0.2) is 23.0 Å². The van der Waals surface area contributed by atoms with E-state index in [4.69, 9.17) is 4.42 Å². The van der Waals surface area contributed by atoms with E-state index in [-0.39, 0.29) is 0 Å². The van der Waals surface area contributed by atoms with Gasteiger partial charge in [-0.3, -0.25) is 4.90 Å². The number of aromatic amines is 1. The average Bonchev–Trinajstić information content (AvgIpc) is 3.38. The van der Waals surface area contributed by atoms with Crippen LogP contribution in [0.4, 0.5) is 0 Å². The Hall–Kier alpha value is -2.78. The Labute approximate surface area is 159 Å². The van der Waals surface area contributed by atoms with Gasteiger partial charge < -0.3 is 9.40 Å². The van der Waals surface area contributed by atoms with Gasteiger partial charge in [-0.2, -0.15) is 0 Å². The quantitative estimate of drug-likeness (QED) is 0.500. The molecule has 0 aliphatic carbocycles. The summed E-state index contributed by atoms with van der Waals surface area (Å²) in [6.07, 6.45) is 4.20. The largest absolute Gasteiger partial charge is 0.463 e. The molecule has 1 fully saturated rings. The minimum atomic E-state index is 0.690. The molecule has 2 aromatic heterocycles. The molecule has 2 aromatic carbocycles. The highest BCUT2D eigenvalue weighted by molar-refractivity contribution is 5.89. The predicted molar refractivity (Wildman–Crippen MR) is 110 cm³/mol. The highest BCUT2D eigenvalue weighted by Crippen LogP contribution is 2.34. The fourth-order valence-corrected chi connectivity index (χ4v) is 4.37. The van der Waals surface area contributed by atoms with E-state index in [2.05, 4.69) is 64.5 Å². The summed E-state index contributed by atoms with van der Waals surface area (Å²) >= 11 is 0. The van der Waals surface area contributed by atoms with Gasteiger partial charge in [-0.05, 0) is 55.6 Å². The van der Waals surface area contributed by atoms with Crippen molar-refractivity contribution in [2.24, 2.45) is 0 Å². The number of hydrogen-bond donors (Lipinski definition) is 1. The highest BCUT2D eigenvalue weighted by Gasteiger charge is 2.23. The lowest BCUT2D eigenvalue weighted by Crippen LogP contribution is -2.32. The molecule has 0 saturated carbocycles. The molecule has 5 rings (SSSR count). The molecular weight excluding hydrogens is 332 g/mol. The van der Waals surface area contributed by atoms with Crippen LogP contribution >= 0.6 is 0 Å². The zero-order chi connectivity index (χ0) is 18.1. The monoisotopic (exact) mass is 356 g/mol. The van der Waals surface area contributed by atoms with E-state index in [1.54, 1.807) is 6.26 Å². The lowest BCUT2D eigenvalue weighted by Gasteiger charge is -2.32. The zero-order valence-corrected chi connectivity index (χ0v) is 15.4. The molecule has 3 heteroatoms. The topological polar surface area (TPSA) is 32.2 Å². The Kier molecular flexibility index (Phi) is 4.30. The Balaban J connectivity index is 1.38. The second-order valence-electron chi connectivity index (χ2n) is 7.46. The van der Waals surface area contributed by atoms with Crippen molar-refractivity contribution in [2.75, 3.05) is 13.1 Å². The van der Waals surface area contributed by atoms with E-state index in [0.29, 0.717) is 5.92 Å². The zero-order valence-electron chi connectivity index (χ0n) is 15.4. The molecule has 3 heterocycles. The summed E-state index contributed by atoms with van der Waals surface area (Å²) in [7, 11) is 0. The van der Waals surface area contributed by atoms with Crippen LogP contribution in [0.1, 0.15) is 29.9 Å². The molecule has 1 saturated heterocycles. The second kappa shape index (κ2) is 7.09. The lowest BCUT2D eigenvalue weighted by molar-refractivity contribution is 0.205. The van der Waals surface area contributed by atoms with Crippen LogP contribution < -0.4 is 0 Å². The fourth-order valence-electron chi connectivity index (χ4n) is 4.37. The van der Waals surface area contributed by atoms with Gasteiger partial charge in [0.05, 0.1) is 12.0 Å². The minimum absolute atomic E-state index is 0.690.